The Hall–Kier alpha value is -1.10. The second kappa shape index (κ2) is 6.89. The largest absolute Gasteiger partial charge is 0.481 e. The van der Waals surface area contributed by atoms with Gasteiger partial charge in [0.05, 0.1) is 6.42 Å². The van der Waals surface area contributed by atoms with Crippen molar-refractivity contribution < 1.29 is 14.7 Å². The van der Waals surface area contributed by atoms with Gasteiger partial charge in [0, 0.05) is 24.5 Å². The van der Waals surface area contributed by atoms with E-state index in [0.29, 0.717) is 13.0 Å². The SMILES string of the molecule is CCN(C(=O)CC1(N)CCCCC1)C(C)CC(=O)O. The average molecular weight is 270 g/mol. The van der Waals surface area contributed by atoms with Crippen LogP contribution in [0, 0.1) is 0 Å². The van der Waals surface area contributed by atoms with E-state index in [1.54, 1.807) is 11.8 Å². The van der Waals surface area contributed by atoms with Gasteiger partial charge in [0.2, 0.25) is 5.91 Å². The van der Waals surface area contributed by atoms with E-state index in [1.807, 2.05) is 6.92 Å². The third-order valence-electron chi connectivity index (χ3n) is 4.02. The predicted molar refractivity (Wildman–Crippen MR) is 73.7 cm³/mol. The fourth-order valence-corrected chi connectivity index (χ4v) is 2.93. The highest BCUT2D eigenvalue weighted by Gasteiger charge is 2.32. The minimum Gasteiger partial charge on any atom is -0.481 e. The van der Waals surface area contributed by atoms with Crippen molar-refractivity contribution in [2.75, 3.05) is 6.54 Å². The Morgan fingerprint density at radius 3 is 2.37 bits per heavy atom. The maximum Gasteiger partial charge on any atom is 0.305 e. The summed E-state index contributed by atoms with van der Waals surface area (Å²) in [6, 6.07) is -0.276. The second-order valence-corrected chi connectivity index (χ2v) is 5.73. The first-order chi connectivity index (χ1) is 8.88. The molecule has 1 amide bonds. The van der Waals surface area contributed by atoms with Gasteiger partial charge in [0.25, 0.3) is 0 Å². The van der Waals surface area contributed by atoms with Crippen LogP contribution in [0.15, 0.2) is 0 Å². The molecule has 1 aliphatic rings. The van der Waals surface area contributed by atoms with Gasteiger partial charge in [-0.3, -0.25) is 9.59 Å². The maximum atomic E-state index is 12.3. The van der Waals surface area contributed by atoms with E-state index in [-0.39, 0.29) is 23.9 Å². The lowest BCUT2D eigenvalue weighted by Gasteiger charge is -2.36. The van der Waals surface area contributed by atoms with Crippen molar-refractivity contribution in [3.63, 3.8) is 0 Å². The molecule has 5 nitrogen and oxygen atoms in total. The molecule has 5 heteroatoms. The number of amides is 1. The average Bonchev–Trinajstić information content (AvgIpc) is 2.28. The third kappa shape index (κ3) is 4.82. The van der Waals surface area contributed by atoms with Gasteiger partial charge >= 0.3 is 5.97 Å². The Morgan fingerprint density at radius 2 is 1.89 bits per heavy atom. The van der Waals surface area contributed by atoms with E-state index in [4.69, 9.17) is 10.8 Å². The maximum absolute atomic E-state index is 12.3. The smallest absolute Gasteiger partial charge is 0.305 e. The van der Waals surface area contributed by atoms with Gasteiger partial charge in [-0.15, -0.1) is 0 Å². The van der Waals surface area contributed by atoms with E-state index in [2.05, 4.69) is 0 Å². The normalized spacial score (nSPS) is 19.7. The van der Waals surface area contributed by atoms with Crippen LogP contribution in [0.4, 0.5) is 0 Å². The summed E-state index contributed by atoms with van der Waals surface area (Å²) in [6.07, 6.45) is 5.47. The summed E-state index contributed by atoms with van der Waals surface area (Å²) in [6.45, 7) is 4.18. The molecule has 0 aromatic carbocycles. The molecule has 0 bridgehead atoms. The topological polar surface area (TPSA) is 83.6 Å². The zero-order valence-electron chi connectivity index (χ0n) is 12.0. The van der Waals surface area contributed by atoms with Crippen LogP contribution in [-0.2, 0) is 9.59 Å². The molecule has 1 unspecified atom stereocenters. The molecular formula is C14H26N2O3. The molecule has 0 radical (unpaired) electrons. The number of nitrogens with two attached hydrogens (primary N) is 1. The lowest BCUT2D eigenvalue weighted by molar-refractivity contribution is -0.140. The summed E-state index contributed by atoms with van der Waals surface area (Å²) >= 11 is 0. The van der Waals surface area contributed by atoms with Crippen molar-refractivity contribution >= 4 is 11.9 Å². The first-order valence-corrected chi connectivity index (χ1v) is 7.18. The number of carboxylic acids is 1. The molecule has 1 saturated carbocycles. The quantitative estimate of drug-likeness (QED) is 0.770. The Morgan fingerprint density at radius 1 is 1.32 bits per heavy atom. The van der Waals surface area contributed by atoms with Gasteiger partial charge in [-0.2, -0.15) is 0 Å². The predicted octanol–water partition coefficient (Wildman–Crippen LogP) is 1.75. The van der Waals surface area contributed by atoms with Crippen LogP contribution in [-0.4, -0.2) is 40.0 Å². The third-order valence-corrected chi connectivity index (χ3v) is 4.02. The van der Waals surface area contributed by atoms with Crippen LogP contribution in [0.2, 0.25) is 0 Å². The van der Waals surface area contributed by atoms with Crippen molar-refractivity contribution in [1.82, 2.24) is 4.90 Å². The van der Waals surface area contributed by atoms with E-state index >= 15 is 0 Å². The first kappa shape index (κ1) is 16.0. The van der Waals surface area contributed by atoms with Crippen LogP contribution in [0.25, 0.3) is 0 Å². The van der Waals surface area contributed by atoms with E-state index in [0.717, 1.165) is 25.7 Å². The minimum atomic E-state index is -0.876. The van der Waals surface area contributed by atoms with Crippen molar-refractivity contribution in [2.24, 2.45) is 5.73 Å². The van der Waals surface area contributed by atoms with Crippen LogP contribution in [0.5, 0.6) is 0 Å². The van der Waals surface area contributed by atoms with Crippen molar-refractivity contribution in [3.05, 3.63) is 0 Å². The molecule has 19 heavy (non-hydrogen) atoms. The molecule has 0 spiro atoms. The summed E-state index contributed by atoms with van der Waals surface area (Å²) in [7, 11) is 0. The van der Waals surface area contributed by atoms with Gasteiger partial charge < -0.3 is 15.7 Å². The Bertz CT molecular complexity index is 325. The standard InChI is InChI=1S/C14H26N2O3/c1-3-16(11(2)9-13(18)19)12(17)10-14(15)7-5-4-6-8-14/h11H,3-10,15H2,1-2H3,(H,18,19). The summed E-state index contributed by atoms with van der Waals surface area (Å²) in [5.74, 6) is -0.889. The van der Waals surface area contributed by atoms with Crippen LogP contribution in [0.3, 0.4) is 0 Å². The zero-order chi connectivity index (χ0) is 14.5. The molecule has 0 aliphatic heterocycles. The lowest BCUT2D eigenvalue weighted by Crippen LogP contribution is -2.49. The van der Waals surface area contributed by atoms with Crippen LogP contribution in [0.1, 0.15) is 58.8 Å². The Kier molecular flexibility index (Phi) is 5.79. The number of carboxylic acid groups (broad SMARTS) is 1. The van der Waals surface area contributed by atoms with Crippen molar-refractivity contribution in [3.8, 4) is 0 Å². The molecule has 1 atom stereocenters. The fourth-order valence-electron chi connectivity index (χ4n) is 2.93. The number of carbonyl (C=O) groups excluding carboxylic acids is 1. The molecule has 0 aromatic rings. The molecule has 1 rings (SSSR count). The van der Waals surface area contributed by atoms with Crippen LogP contribution < -0.4 is 5.73 Å². The van der Waals surface area contributed by atoms with E-state index < -0.39 is 5.97 Å². The summed E-state index contributed by atoms with van der Waals surface area (Å²) < 4.78 is 0. The summed E-state index contributed by atoms with van der Waals surface area (Å²) in [5.41, 5.74) is 5.91. The van der Waals surface area contributed by atoms with E-state index in [9.17, 15) is 9.59 Å². The van der Waals surface area contributed by atoms with Gasteiger partial charge in [0.1, 0.15) is 0 Å². The van der Waals surface area contributed by atoms with Gasteiger partial charge in [-0.25, -0.2) is 0 Å². The second-order valence-electron chi connectivity index (χ2n) is 5.73. The number of hydrogen-bond acceptors (Lipinski definition) is 3. The van der Waals surface area contributed by atoms with Crippen LogP contribution >= 0.6 is 0 Å². The molecule has 0 aromatic heterocycles. The molecular weight excluding hydrogens is 244 g/mol. The molecule has 1 aliphatic carbocycles. The Labute approximate surface area is 115 Å². The highest BCUT2D eigenvalue weighted by Crippen LogP contribution is 2.29. The number of aliphatic carboxylic acids is 1. The van der Waals surface area contributed by atoms with E-state index in [1.165, 1.54) is 6.42 Å². The molecule has 0 saturated heterocycles. The van der Waals surface area contributed by atoms with Gasteiger partial charge in [-0.1, -0.05) is 19.3 Å². The fraction of sp³-hybridized carbons (Fsp3) is 0.857. The van der Waals surface area contributed by atoms with Crippen molar-refractivity contribution in [2.45, 2.75) is 70.4 Å². The number of nitrogens with zero attached hydrogens (tertiary/aromatic N) is 1. The monoisotopic (exact) mass is 270 g/mol. The highest BCUT2D eigenvalue weighted by atomic mass is 16.4. The summed E-state index contributed by atoms with van der Waals surface area (Å²) in [4.78, 5) is 24.7. The summed E-state index contributed by atoms with van der Waals surface area (Å²) in [5, 5.41) is 8.82. The first-order valence-electron chi connectivity index (χ1n) is 7.18. The zero-order valence-corrected chi connectivity index (χ0v) is 12.0. The van der Waals surface area contributed by atoms with Gasteiger partial charge in [0.15, 0.2) is 0 Å². The van der Waals surface area contributed by atoms with Crippen molar-refractivity contribution in [1.29, 1.82) is 0 Å². The minimum absolute atomic E-state index is 0.0133. The molecule has 110 valence electrons. The Balaban J connectivity index is 2.60. The molecule has 0 heterocycles. The van der Waals surface area contributed by atoms with Gasteiger partial charge in [-0.05, 0) is 26.7 Å². The number of hydrogen-bond donors (Lipinski definition) is 2. The molecule has 1 fully saturated rings. The lowest BCUT2D eigenvalue weighted by atomic mass is 9.80. The number of rotatable bonds is 6. The number of carbonyl (C=O) groups is 2. The molecule has 3 N–H and O–H groups in total. The highest BCUT2D eigenvalue weighted by molar-refractivity contribution is 5.78.